The van der Waals surface area contributed by atoms with E-state index in [0.717, 1.165) is 37.8 Å². The van der Waals surface area contributed by atoms with Gasteiger partial charge < -0.3 is 24.4 Å². The molecule has 2 fully saturated rings. The van der Waals surface area contributed by atoms with Crippen LogP contribution in [0.25, 0.3) is 16.0 Å². The topological polar surface area (TPSA) is 106 Å². The van der Waals surface area contributed by atoms with Crippen LogP contribution in [0.15, 0.2) is 43.0 Å². The minimum absolute atomic E-state index is 0.0134. The minimum atomic E-state index is 0.0134. The van der Waals surface area contributed by atoms with E-state index in [1.807, 2.05) is 18.9 Å². The number of amides is 1. The van der Waals surface area contributed by atoms with Crippen molar-refractivity contribution in [3.63, 3.8) is 0 Å². The van der Waals surface area contributed by atoms with Crippen molar-refractivity contribution in [2.75, 3.05) is 31.5 Å². The molecule has 38 heavy (non-hydrogen) atoms. The number of aryl methyl sites for hydroxylation is 2. The van der Waals surface area contributed by atoms with Crippen LogP contribution in [0.5, 0.6) is 11.6 Å². The number of imidazole rings is 1. The molecular weight excluding hydrogens is 482 g/mol. The molecule has 5 heterocycles. The fourth-order valence-electron chi connectivity index (χ4n) is 4.68. The molecule has 1 aliphatic carbocycles. The molecule has 0 aromatic carbocycles. The molecule has 4 aromatic heterocycles. The average Bonchev–Trinajstić information content (AvgIpc) is 3.73. The summed E-state index contributed by atoms with van der Waals surface area (Å²) in [6.45, 7) is 12.4. The number of piperazine rings is 1. The van der Waals surface area contributed by atoms with Crippen LogP contribution in [0, 0.1) is 13.5 Å². The second-order valence-electron chi connectivity index (χ2n) is 9.67. The normalized spacial score (nSPS) is 15.9. The highest BCUT2D eigenvalue weighted by atomic mass is 16.5. The summed E-state index contributed by atoms with van der Waals surface area (Å²) in [6.07, 6.45) is 7.39. The quantitative estimate of drug-likeness (QED) is 0.388. The van der Waals surface area contributed by atoms with Crippen molar-refractivity contribution < 1.29 is 9.53 Å². The van der Waals surface area contributed by atoms with Gasteiger partial charge in [-0.15, -0.1) is 4.98 Å². The third kappa shape index (κ3) is 4.73. The van der Waals surface area contributed by atoms with Gasteiger partial charge in [-0.3, -0.25) is 9.69 Å². The first kappa shape index (κ1) is 23.8. The molecule has 0 bridgehead atoms. The Bertz CT molecular complexity index is 1550. The molecule has 1 aliphatic heterocycles. The number of nitrogens with zero attached hydrogens (tertiary/aromatic N) is 8. The van der Waals surface area contributed by atoms with Gasteiger partial charge in [0.1, 0.15) is 11.3 Å². The third-order valence-electron chi connectivity index (χ3n) is 6.96. The standard InChI is InChI=1S/C27H27N9O2/c1-17-12-23(28-2)30-15-21(17)38-24-13-20(25-26(33-24)34(3)16-31-25)32-22-7-4-18(14-29-22)27(37)36-10-8-35(9-11-36)19-5-6-19/h4,7,12-16,19H,5-6,8-11H2,1,3H3,(H,29,32,33). The Labute approximate surface area is 219 Å². The Morgan fingerprint density at radius 2 is 1.92 bits per heavy atom. The lowest BCUT2D eigenvalue weighted by Gasteiger charge is -2.34. The highest BCUT2D eigenvalue weighted by Crippen LogP contribution is 2.32. The number of pyridine rings is 3. The van der Waals surface area contributed by atoms with E-state index < -0.39 is 0 Å². The molecule has 11 heteroatoms. The summed E-state index contributed by atoms with van der Waals surface area (Å²) in [5, 5.41) is 3.30. The molecular formula is C27H27N9O2. The SMILES string of the molecule is [C-]#[N+]c1cc(C)c(Oc2cc(Nc3ccc(C(=O)N4CCN(C5CC5)CC4)cn3)c3ncn(C)c3n2)cn1. The Kier molecular flexibility index (Phi) is 6.09. The summed E-state index contributed by atoms with van der Waals surface area (Å²) < 4.78 is 7.84. The molecule has 0 atom stereocenters. The van der Waals surface area contributed by atoms with E-state index in [1.165, 1.54) is 19.0 Å². The van der Waals surface area contributed by atoms with Gasteiger partial charge in [0.2, 0.25) is 5.88 Å². The molecule has 0 spiro atoms. The molecule has 11 nitrogen and oxygen atoms in total. The molecule has 1 saturated heterocycles. The van der Waals surface area contributed by atoms with Gasteiger partial charge in [-0.25, -0.2) is 9.97 Å². The summed E-state index contributed by atoms with van der Waals surface area (Å²) >= 11 is 0. The molecule has 6 rings (SSSR count). The lowest BCUT2D eigenvalue weighted by atomic mass is 10.2. The van der Waals surface area contributed by atoms with Gasteiger partial charge in [0, 0.05) is 51.5 Å². The van der Waals surface area contributed by atoms with Gasteiger partial charge in [-0.05, 0) is 43.5 Å². The number of hydrogen-bond donors (Lipinski definition) is 1. The fourth-order valence-corrected chi connectivity index (χ4v) is 4.68. The molecule has 1 amide bonds. The highest BCUT2D eigenvalue weighted by molar-refractivity contribution is 5.94. The van der Waals surface area contributed by atoms with Crippen LogP contribution in [0.4, 0.5) is 17.3 Å². The number of carbonyl (C=O) groups excluding carboxylic acids is 1. The van der Waals surface area contributed by atoms with Crippen molar-refractivity contribution in [2.45, 2.75) is 25.8 Å². The van der Waals surface area contributed by atoms with Crippen molar-refractivity contribution in [2.24, 2.45) is 7.05 Å². The van der Waals surface area contributed by atoms with E-state index >= 15 is 0 Å². The Hall–Kier alpha value is -4.56. The maximum atomic E-state index is 13.0. The molecule has 192 valence electrons. The van der Waals surface area contributed by atoms with E-state index in [1.54, 1.807) is 41.4 Å². The average molecular weight is 510 g/mol. The largest absolute Gasteiger partial charge is 0.435 e. The first-order valence-electron chi connectivity index (χ1n) is 12.6. The van der Waals surface area contributed by atoms with Gasteiger partial charge in [-0.1, -0.05) is 6.57 Å². The number of nitrogens with one attached hydrogen (secondary N) is 1. The van der Waals surface area contributed by atoms with E-state index in [2.05, 4.69) is 35.0 Å². The number of aromatic nitrogens is 5. The van der Waals surface area contributed by atoms with Gasteiger partial charge in [0.25, 0.3) is 11.7 Å². The van der Waals surface area contributed by atoms with Gasteiger partial charge in [0.05, 0.1) is 17.6 Å². The summed E-state index contributed by atoms with van der Waals surface area (Å²) in [5.74, 6) is 1.75. The zero-order chi connectivity index (χ0) is 26.2. The monoisotopic (exact) mass is 509 g/mol. The summed E-state index contributed by atoms with van der Waals surface area (Å²) in [6, 6.07) is 7.74. The Balaban J connectivity index is 1.20. The highest BCUT2D eigenvalue weighted by Gasteiger charge is 2.32. The van der Waals surface area contributed by atoms with Crippen LogP contribution in [-0.2, 0) is 7.05 Å². The lowest BCUT2D eigenvalue weighted by molar-refractivity contribution is 0.0627. The van der Waals surface area contributed by atoms with E-state index in [4.69, 9.17) is 11.3 Å². The molecule has 1 N–H and O–H groups in total. The minimum Gasteiger partial charge on any atom is -0.435 e. The van der Waals surface area contributed by atoms with Crippen molar-refractivity contribution >= 4 is 34.4 Å². The number of fused-ring (bicyclic) bond motifs is 1. The van der Waals surface area contributed by atoms with Gasteiger partial charge in [0.15, 0.2) is 17.6 Å². The number of carbonyl (C=O) groups is 1. The zero-order valence-electron chi connectivity index (χ0n) is 21.3. The molecule has 0 radical (unpaired) electrons. The third-order valence-corrected chi connectivity index (χ3v) is 6.96. The zero-order valence-corrected chi connectivity index (χ0v) is 21.3. The molecule has 2 aliphatic rings. The van der Waals surface area contributed by atoms with Crippen molar-refractivity contribution in [3.8, 4) is 11.6 Å². The van der Waals surface area contributed by atoms with Crippen molar-refractivity contribution in [3.05, 3.63) is 65.5 Å². The number of ether oxygens (including phenoxy) is 1. The second-order valence-corrected chi connectivity index (χ2v) is 9.67. The fraction of sp³-hybridized carbons (Fsp3) is 0.333. The predicted octanol–water partition coefficient (Wildman–Crippen LogP) is 4.07. The van der Waals surface area contributed by atoms with Gasteiger partial charge in [-0.2, -0.15) is 4.98 Å². The van der Waals surface area contributed by atoms with Crippen LogP contribution < -0.4 is 10.1 Å². The van der Waals surface area contributed by atoms with E-state index in [9.17, 15) is 4.79 Å². The Morgan fingerprint density at radius 3 is 2.61 bits per heavy atom. The first-order valence-corrected chi connectivity index (χ1v) is 12.6. The summed E-state index contributed by atoms with van der Waals surface area (Å²) in [5.41, 5.74) is 3.31. The van der Waals surface area contributed by atoms with Gasteiger partial charge >= 0.3 is 0 Å². The maximum Gasteiger partial charge on any atom is 0.269 e. The summed E-state index contributed by atoms with van der Waals surface area (Å²) in [4.78, 5) is 38.4. The van der Waals surface area contributed by atoms with Crippen molar-refractivity contribution in [1.82, 2.24) is 34.3 Å². The van der Waals surface area contributed by atoms with Crippen LogP contribution in [0.1, 0.15) is 28.8 Å². The van der Waals surface area contributed by atoms with E-state index in [-0.39, 0.29) is 5.91 Å². The second kappa shape index (κ2) is 9.72. The number of rotatable bonds is 6. The number of hydrogen-bond acceptors (Lipinski definition) is 8. The first-order chi connectivity index (χ1) is 18.5. The maximum absolute atomic E-state index is 13.0. The Morgan fingerprint density at radius 1 is 1.11 bits per heavy atom. The van der Waals surface area contributed by atoms with Crippen LogP contribution >= 0.6 is 0 Å². The molecule has 4 aromatic rings. The number of anilines is 2. The van der Waals surface area contributed by atoms with Crippen molar-refractivity contribution in [1.29, 1.82) is 0 Å². The smallest absolute Gasteiger partial charge is 0.269 e. The van der Waals surface area contributed by atoms with Crippen LogP contribution in [0.3, 0.4) is 0 Å². The predicted molar refractivity (Wildman–Crippen MR) is 142 cm³/mol. The molecule has 0 unspecified atom stereocenters. The van der Waals surface area contributed by atoms with Crippen LogP contribution in [0.2, 0.25) is 0 Å². The van der Waals surface area contributed by atoms with Crippen LogP contribution in [-0.4, -0.2) is 72.4 Å². The summed E-state index contributed by atoms with van der Waals surface area (Å²) in [7, 11) is 1.86. The lowest BCUT2D eigenvalue weighted by Crippen LogP contribution is -2.49. The molecule has 1 saturated carbocycles. The van der Waals surface area contributed by atoms with E-state index in [0.29, 0.717) is 45.7 Å².